The third kappa shape index (κ3) is 1.67. The Morgan fingerprint density at radius 2 is 2.07 bits per heavy atom. The van der Waals surface area contributed by atoms with Gasteiger partial charge in [0.05, 0.1) is 6.10 Å². The molecule has 1 aliphatic rings. The van der Waals surface area contributed by atoms with Crippen LogP contribution in [0.15, 0.2) is 23.8 Å². The standard InChI is InChI=1S/C13H16O/c1-9(2)14-13-6-4-5-11-7-10(3)8-12(11)13/h4-6,8-9H,7H2,1-3H3. The first kappa shape index (κ1) is 9.32. The molecular weight excluding hydrogens is 172 g/mol. The van der Waals surface area contributed by atoms with Gasteiger partial charge in [0, 0.05) is 5.56 Å². The summed E-state index contributed by atoms with van der Waals surface area (Å²) in [6.07, 6.45) is 3.55. The van der Waals surface area contributed by atoms with E-state index in [0.29, 0.717) is 0 Å². The van der Waals surface area contributed by atoms with E-state index in [2.05, 4.69) is 39.0 Å². The van der Waals surface area contributed by atoms with E-state index in [0.717, 1.165) is 12.2 Å². The minimum absolute atomic E-state index is 0.246. The third-order valence-electron chi connectivity index (χ3n) is 2.38. The van der Waals surface area contributed by atoms with Crippen molar-refractivity contribution in [2.24, 2.45) is 0 Å². The van der Waals surface area contributed by atoms with Crippen molar-refractivity contribution in [3.63, 3.8) is 0 Å². The molecule has 2 rings (SSSR count). The van der Waals surface area contributed by atoms with E-state index in [9.17, 15) is 0 Å². The van der Waals surface area contributed by atoms with Gasteiger partial charge in [-0.05, 0) is 38.8 Å². The first-order chi connectivity index (χ1) is 6.66. The Morgan fingerprint density at radius 1 is 1.29 bits per heavy atom. The quantitative estimate of drug-likeness (QED) is 0.691. The van der Waals surface area contributed by atoms with Crippen molar-refractivity contribution in [2.75, 3.05) is 0 Å². The molecule has 1 aliphatic carbocycles. The van der Waals surface area contributed by atoms with Crippen molar-refractivity contribution in [2.45, 2.75) is 33.3 Å². The van der Waals surface area contributed by atoms with E-state index in [1.807, 2.05) is 6.07 Å². The Hall–Kier alpha value is -1.24. The molecule has 0 bridgehead atoms. The third-order valence-corrected chi connectivity index (χ3v) is 2.38. The molecule has 74 valence electrons. The van der Waals surface area contributed by atoms with Crippen LogP contribution >= 0.6 is 0 Å². The largest absolute Gasteiger partial charge is 0.490 e. The zero-order valence-electron chi connectivity index (χ0n) is 9.00. The topological polar surface area (TPSA) is 9.23 Å². The Kier molecular flexibility index (Phi) is 2.32. The normalized spacial score (nSPS) is 14.1. The van der Waals surface area contributed by atoms with Gasteiger partial charge in [-0.2, -0.15) is 0 Å². The monoisotopic (exact) mass is 188 g/mol. The molecular formula is C13H16O. The molecule has 1 aromatic carbocycles. The summed E-state index contributed by atoms with van der Waals surface area (Å²) in [5.74, 6) is 1.02. The Labute approximate surface area is 85.4 Å². The molecule has 0 unspecified atom stereocenters. The summed E-state index contributed by atoms with van der Waals surface area (Å²) in [4.78, 5) is 0. The fraction of sp³-hybridized carbons (Fsp3) is 0.385. The van der Waals surface area contributed by atoms with E-state index in [1.54, 1.807) is 0 Å². The van der Waals surface area contributed by atoms with Crippen LogP contribution in [0.1, 0.15) is 31.9 Å². The van der Waals surface area contributed by atoms with E-state index in [-0.39, 0.29) is 6.10 Å². The van der Waals surface area contributed by atoms with Crippen LogP contribution in [0.4, 0.5) is 0 Å². The highest BCUT2D eigenvalue weighted by atomic mass is 16.5. The maximum absolute atomic E-state index is 5.76. The van der Waals surface area contributed by atoms with Crippen molar-refractivity contribution in [1.29, 1.82) is 0 Å². The van der Waals surface area contributed by atoms with Crippen molar-refractivity contribution in [1.82, 2.24) is 0 Å². The molecule has 0 amide bonds. The zero-order valence-corrected chi connectivity index (χ0v) is 9.00. The average molecular weight is 188 g/mol. The molecule has 0 spiro atoms. The van der Waals surface area contributed by atoms with Gasteiger partial charge in [0.1, 0.15) is 5.75 Å². The molecule has 0 heterocycles. The smallest absolute Gasteiger partial charge is 0.127 e. The van der Waals surface area contributed by atoms with Gasteiger partial charge in [0.15, 0.2) is 0 Å². The maximum Gasteiger partial charge on any atom is 0.127 e. The van der Waals surface area contributed by atoms with Crippen LogP contribution in [0.25, 0.3) is 6.08 Å². The van der Waals surface area contributed by atoms with E-state index >= 15 is 0 Å². The van der Waals surface area contributed by atoms with Gasteiger partial charge in [-0.25, -0.2) is 0 Å². The van der Waals surface area contributed by atoms with Crippen LogP contribution in [0, 0.1) is 0 Å². The fourth-order valence-electron chi connectivity index (χ4n) is 1.86. The van der Waals surface area contributed by atoms with Crippen LogP contribution in [0.3, 0.4) is 0 Å². The summed E-state index contributed by atoms with van der Waals surface area (Å²) in [6, 6.07) is 6.30. The van der Waals surface area contributed by atoms with Gasteiger partial charge in [-0.15, -0.1) is 0 Å². The first-order valence-corrected chi connectivity index (χ1v) is 5.12. The van der Waals surface area contributed by atoms with Gasteiger partial charge in [0.2, 0.25) is 0 Å². The summed E-state index contributed by atoms with van der Waals surface area (Å²) >= 11 is 0. The van der Waals surface area contributed by atoms with Crippen LogP contribution in [0.2, 0.25) is 0 Å². The number of rotatable bonds is 2. The summed E-state index contributed by atoms with van der Waals surface area (Å²) in [7, 11) is 0. The molecule has 14 heavy (non-hydrogen) atoms. The van der Waals surface area contributed by atoms with Gasteiger partial charge >= 0.3 is 0 Å². The van der Waals surface area contributed by atoms with Gasteiger partial charge < -0.3 is 4.74 Å². The Bertz CT molecular complexity index is 375. The van der Waals surface area contributed by atoms with Crippen molar-refractivity contribution in [3.05, 3.63) is 34.9 Å². The lowest BCUT2D eigenvalue weighted by atomic mass is 10.1. The second-order valence-electron chi connectivity index (χ2n) is 4.16. The molecule has 0 aromatic heterocycles. The molecule has 0 saturated carbocycles. The SMILES string of the molecule is CC1=Cc2c(cccc2OC(C)C)C1. The minimum atomic E-state index is 0.246. The molecule has 0 saturated heterocycles. The highest BCUT2D eigenvalue weighted by molar-refractivity contribution is 5.68. The fourth-order valence-corrected chi connectivity index (χ4v) is 1.86. The molecule has 0 radical (unpaired) electrons. The lowest BCUT2D eigenvalue weighted by Gasteiger charge is -2.12. The number of hydrogen-bond acceptors (Lipinski definition) is 1. The predicted octanol–water partition coefficient (Wildman–Crippen LogP) is 3.43. The molecule has 0 N–H and O–H groups in total. The van der Waals surface area contributed by atoms with E-state index in [4.69, 9.17) is 4.74 Å². The maximum atomic E-state index is 5.76. The molecule has 1 heteroatoms. The second kappa shape index (κ2) is 3.49. The summed E-state index contributed by atoms with van der Waals surface area (Å²) in [5.41, 5.74) is 4.08. The van der Waals surface area contributed by atoms with Crippen LogP contribution in [-0.2, 0) is 6.42 Å². The minimum Gasteiger partial charge on any atom is -0.490 e. The van der Waals surface area contributed by atoms with Gasteiger partial charge in [-0.3, -0.25) is 0 Å². The summed E-state index contributed by atoms with van der Waals surface area (Å²) in [5, 5.41) is 0. The Balaban J connectivity index is 2.38. The first-order valence-electron chi connectivity index (χ1n) is 5.12. The van der Waals surface area contributed by atoms with Crippen LogP contribution < -0.4 is 4.74 Å². The lowest BCUT2D eigenvalue weighted by Crippen LogP contribution is -2.06. The average Bonchev–Trinajstić information content (AvgIpc) is 2.45. The zero-order chi connectivity index (χ0) is 10.1. The van der Waals surface area contributed by atoms with Crippen molar-refractivity contribution < 1.29 is 4.74 Å². The van der Waals surface area contributed by atoms with Crippen molar-refractivity contribution in [3.8, 4) is 5.75 Å². The number of fused-ring (bicyclic) bond motifs is 1. The number of benzene rings is 1. The van der Waals surface area contributed by atoms with Crippen LogP contribution in [0.5, 0.6) is 5.75 Å². The highest BCUT2D eigenvalue weighted by Crippen LogP contribution is 2.32. The highest BCUT2D eigenvalue weighted by Gasteiger charge is 2.14. The van der Waals surface area contributed by atoms with Crippen molar-refractivity contribution >= 4 is 6.08 Å². The molecule has 0 fully saturated rings. The molecule has 1 nitrogen and oxygen atoms in total. The molecule has 0 aliphatic heterocycles. The van der Waals surface area contributed by atoms with E-state index in [1.165, 1.54) is 16.7 Å². The van der Waals surface area contributed by atoms with Gasteiger partial charge in [-0.1, -0.05) is 23.8 Å². The molecule has 0 atom stereocenters. The lowest BCUT2D eigenvalue weighted by molar-refractivity contribution is 0.242. The molecule has 1 aromatic rings. The Morgan fingerprint density at radius 3 is 2.79 bits per heavy atom. The van der Waals surface area contributed by atoms with Gasteiger partial charge in [0.25, 0.3) is 0 Å². The van der Waals surface area contributed by atoms with E-state index < -0.39 is 0 Å². The number of allylic oxidation sites excluding steroid dienone is 1. The predicted molar refractivity (Wildman–Crippen MR) is 59.6 cm³/mol. The summed E-state index contributed by atoms with van der Waals surface area (Å²) < 4.78 is 5.76. The van der Waals surface area contributed by atoms with Crippen LogP contribution in [-0.4, -0.2) is 6.10 Å². The number of ether oxygens (including phenoxy) is 1. The number of hydrogen-bond donors (Lipinski definition) is 0. The second-order valence-corrected chi connectivity index (χ2v) is 4.16. The summed E-state index contributed by atoms with van der Waals surface area (Å²) in [6.45, 7) is 6.29.